The first-order chi connectivity index (χ1) is 25.1. The zero-order valence-corrected chi connectivity index (χ0v) is 30.8. The number of aryl methyl sites for hydroxylation is 8. The van der Waals surface area contributed by atoms with Crippen LogP contribution in [0.4, 0.5) is 0 Å². The summed E-state index contributed by atoms with van der Waals surface area (Å²) in [5.74, 6) is 4.27. The third-order valence-corrected chi connectivity index (χ3v) is 10.5. The first-order valence-corrected chi connectivity index (χ1v) is 17.4. The Labute approximate surface area is 300 Å². The number of imidazole rings is 4. The molecule has 260 valence electrons. The summed E-state index contributed by atoms with van der Waals surface area (Å²) >= 11 is 0. The van der Waals surface area contributed by atoms with Crippen molar-refractivity contribution in [3.8, 4) is 0 Å². The molecule has 0 amide bonds. The summed E-state index contributed by atoms with van der Waals surface area (Å²) in [7, 11) is 16.8. The molecule has 0 atom stereocenters. The van der Waals surface area contributed by atoms with Crippen LogP contribution in [-0.4, -0.2) is 38.2 Å². The Morgan fingerprint density at radius 1 is 0.346 bits per heavy atom. The molecule has 9 rings (SSSR count). The Morgan fingerprint density at radius 2 is 0.577 bits per heavy atom. The molecule has 0 unspecified atom stereocenters. The molecule has 12 nitrogen and oxygen atoms in total. The van der Waals surface area contributed by atoms with Crippen molar-refractivity contribution in [3.05, 3.63) is 166 Å². The molecule has 9 heterocycles. The first-order valence-electron chi connectivity index (χ1n) is 17.4. The standard InChI is InChI=1S/C40H42N12/c1-45-17-18-46(2)37(45)33-25-9-11-27(41-25)34(38-47(3)19-20-48(38)4)29-13-15-31(43-29)36(40-51(7)23-24-52(40)8)32-16-14-30(44-32)35(28-12-10-26(33)42-28)39-49(5)21-22-50(39)6/h9-24H,1-8H3,(H2,41,42,43,44)/q+2/p+2. The summed E-state index contributed by atoms with van der Waals surface area (Å²) in [6, 6.07) is 17.6. The molecule has 12 heteroatoms. The summed E-state index contributed by atoms with van der Waals surface area (Å²) in [5, 5.41) is 4.02. The Kier molecular flexibility index (Phi) is 6.94. The van der Waals surface area contributed by atoms with Gasteiger partial charge in [0.05, 0.1) is 101 Å². The molecular weight excluding hydrogens is 649 g/mol. The van der Waals surface area contributed by atoms with Crippen LogP contribution >= 0.6 is 0 Å². The second-order valence-corrected chi connectivity index (χ2v) is 14.0. The fourth-order valence-electron chi connectivity index (χ4n) is 8.06. The van der Waals surface area contributed by atoms with Gasteiger partial charge >= 0.3 is 0 Å². The number of aromatic nitrogens is 12. The van der Waals surface area contributed by atoms with Crippen LogP contribution in [0.3, 0.4) is 0 Å². The molecule has 52 heavy (non-hydrogen) atoms. The molecule has 4 N–H and O–H groups in total. The van der Waals surface area contributed by atoms with Gasteiger partial charge in [0, 0.05) is 0 Å². The lowest BCUT2D eigenvalue weighted by atomic mass is 10.1. The summed E-state index contributed by atoms with van der Waals surface area (Å²) in [6.07, 6.45) is 16.8. The lowest BCUT2D eigenvalue weighted by Crippen LogP contribution is -2.35. The van der Waals surface area contributed by atoms with Gasteiger partial charge in [-0.1, -0.05) is 0 Å². The average Bonchev–Trinajstić information content (AvgIpc) is 3.98. The summed E-state index contributed by atoms with van der Waals surface area (Å²) in [5.41, 5.74) is 8.29. The highest BCUT2D eigenvalue weighted by Crippen LogP contribution is 2.25. The van der Waals surface area contributed by atoms with Crippen molar-refractivity contribution < 1.29 is 18.3 Å². The molecule has 0 fully saturated rings. The molecule has 1 aliphatic heterocycles. The van der Waals surface area contributed by atoms with Gasteiger partial charge in [0.25, 0.3) is 23.3 Å². The molecule has 0 saturated heterocycles. The van der Waals surface area contributed by atoms with Gasteiger partial charge in [-0.2, -0.15) is 0 Å². The molecule has 8 aromatic rings. The maximum Gasteiger partial charge on any atom is 0.292 e. The van der Waals surface area contributed by atoms with Crippen molar-refractivity contribution in [3.63, 3.8) is 0 Å². The van der Waals surface area contributed by atoms with E-state index in [0.717, 1.165) is 89.8 Å². The molecular formula is C40H44N12+4. The van der Waals surface area contributed by atoms with Crippen molar-refractivity contribution >= 4 is 22.3 Å². The molecule has 0 radical (unpaired) electrons. The Morgan fingerprint density at radius 3 is 0.769 bits per heavy atom. The third-order valence-electron chi connectivity index (χ3n) is 10.5. The van der Waals surface area contributed by atoms with E-state index in [1.54, 1.807) is 0 Å². The number of H-pyrrole nitrogens is 4. The number of hydrogen-bond acceptors (Lipinski definition) is 0. The maximum absolute atomic E-state index is 3.89. The molecule has 0 saturated carbocycles. The van der Waals surface area contributed by atoms with Crippen LogP contribution in [0, 0.1) is 0 Å². The van der Waals surface area contributed by atoms with Crippen molar-refractivity contribution in [2.24, 2.45) is 56.4 Å². The average molecular weight is 693 g/mol. The number of nitrogens with one attached hydrogen (secondary N) is 4. The van der Waals surface area contributed by atoms with Gasteiger partial charge in [-0.15, -0.1) is 0 Å². The number of nitrogens with zero attached hydrogens (tertiary/aromatic N) is 8. The van der Waals surface area contributed by atoms with Gasteiger partial charge < -0.3 is 19.9 Å². The quantitative estimate of drug-likeness (QED) is 0.170. The minimum Gasteiger partial charge on any atom is -0.354 e. The summed E-state index contributed by atoms with van der Waals surface area (Å²) in [6.45, 7) is 0. The van der Waals surface area contributed by atoms with Crippen LogP contribution in [0.5, 0.6) is 0 Å². The number of aromatic amines is 4. The van der Waals surface area contributed by atoms with E-state index in [0.29, 0.717) is 0 Å². The van der Waals surface area contributed by atoms with E-state index in [9.17, 15) is 0 Å². The molecule has 0 spiro atoms. The normalized spacial score (nSPS) is 13.2. The minimum atomic E-state index is 1.00. The van der Waals surface area contributed by atoms with Gasteiger partial charge in [0.15, 0.2) is 0 Å². The van der Waals surface area contributed by atoms with E-state index in [1.165, 1.54) is 0 Å². The minimum absolute atomic E-state index is 1.00. The summed E-state index contributed by atoms with van der Waals surface area (Å²) in [4.78, 5) is 15.6. The lowest BCUT2D eigenvalue weighted by molar-refractivity contribution is -0.673. The van der Waals surface area contributed by atoms with Gasteiger partial charge in [0.2, 0.25) is 0 Å². The van der Waals surface area contributed by atoms with Crippen molar-refractivity contribution in [2.45, 2.75) is 0 Å². The zero-order valence-electron chi connectivity index (χ0n) is 30.8. The second-order valence-electron chi connectivity index (χ2n) is 14.0. The van der Waals surface area contributed by atoms with E-state index in [-0.39, 0.29) is 0 Å². The SMILES string of the molecule is Cn1cc[n+](C)c1C1=c2ccc([nH]2)=C(c2n(C)cc[n+]2C)c2ccc([nH]2)C(c2n(C)cc[n+]2C)=c2ccc([nH]2)=C(c2n(C)cc[n+]2C)c2ccc1[nH]2. The molecule has 1 aliphatic rings. The van der Waals surface area contributed by atoms with Crippen LogP contribution in [0.15, 0.2) is 98.1 Å². The maximum atomic E-state index is 3.89. The fourth-order valence-corrected chi connectivity index (χ4v) is 8.06. The van der Waals surface area contributed by atoms with Crippen molar-refractivity contribution in [2.75, 3.05) is 0 Å². The predicted molar refractivity (Wildman–Crippen MR) is 194 cm³/mol. The van der Waals surface area contributed by atoms with Crippen LogP contribution < -0.4 is 39.7 Å². The predicted octanol–water partition coefficient (Wildman–Crippen LogP) is -1.05. The Balaban J connectivity index is 1.49. The highest BCUT2D eigenvalue weighted by molar-refractivity contribution is 5.80. The summed E-state index contributed by atoms with van der Waals surface area (Å²) < 4.78 is 17.4. The van der Waals surface area contributed by atoms with Crippen LogP contribution in [0.25, 0.3) is 22.3 Å². The highest BCUT2D eigenvalue weighted by Gasteiger charge is 2.29. The molecule has 0 aliphatic carbocycles. The highest BCUT2D eigenvalue weighted by atomic mass is 15.2. The van der Waals surface area contributed by atoms with E-state index in [2.05, 4.69) is 211 Å². The van der Waals surface area contributed by atoms with E-state index < -0.39 is 0 Å². The molecule has 8 aromatic heterocycles. The second kappa shape index (κ2) is 11.5. The smallest absolute Gasteiger partial charge is 0.292 e. The topological polar surface area (TPSA) is 98.4 Å². The van der Waals surface area contributed by atoms with Crippen molar-refractivity contribution in [1.29, 1.82) is 0 Å². The number of hydrogen-bond donors (Lipinski definition) is 4. The lowest BCUT2D eigenvalue weighted by Gasteiger charge is -2.07. The fraction of sp³-hybridized carbons (Fsp3) is 0.200. The van der Waals surface area contributed by atoms with Gasteiger partial charge in [0.1, 0.15) is 71.9 Å². The Bertz CT molecular complexity index is 2480. The molecule has 8 bridgehead atoms. The van der Waals surface area contributed by atoms with Gasteiger partial charge in [-0.3, -0.25) is 0 Å². The van der Waals surface area contributed by atoms with E-state index in [4.69, 9.17) is 0 Å². The first kappa shape index (κ1) is 31.4. The third kappa shape index (κ3) is 4.67. The number of fused-ring (bicyclic) bond motifs is 8. The monoisotopic (exact) mass is 692 g/mol. The Hall–Kier alpha value is -6.56. The largest absolute Gasteiger partial charge is 0.354 e. The van der Waals surface area contributed by atoms with Crippen LogP contribution in [0.1, 0.15) is 46.1 Å². The van der Waals surface area contributed by atoms with Gasteiger partial charge in [-0.25, -0.2) is 36.5 Å². The van der Waals surface area contributed by atoms with Crippen LogP contribution in [-0.2, 0) is 56.4 Å². The zero-order chi connectivity index (χ0) is 36.0. The number of rotatable bonds is 4. The van der Waals surface area contributed by atoms with E-state index in [1.807, 2.05) is 0 Å². The van der Waals surface area contributed by atoms with E-state index >= 15 is 0 Å². The van der Waals surface area contributed by atoms with Crippen molar-refractivity contribution in [1.82, 2.24) is 38.2 Å². The van der Waals surface area contributed by atoms with Crippen LogP contribution in [0.2, 0.25) is 0 Å². The molecule has 0 aromatic carbocycles. The van der Waals surface area contributed by atoms with Gasteiger partial charge in [-0.05, 0) is 48.5 Å².